The van der Waals surface area contributed by atoms with Gasteiger partial charge < -0.3 is 10.4 Å². The van der Waals surface area contributed by atoms with Gasteiger partial charge in [-0.1, -0.05) is 17.7 Å². The molecule has 0 radical (unpaired) electrons. The lowest BCUT2D eigenvalue weighted by atomic mass is 10.1. The number of pyridine rings is 1. The van der Waals surface area contributed by atoms with Crippen LogP contribution in [-0.4, -0.2) is 22.1 Å². The molecule has 0 spiro atoms. The summed E-state index contributed by atoms with van der Waals surface area (Å²) in [4.78, 5) is 15.0. The summed E-state index contributed by atoms with van der Waals surface area (Å²) in [6.07, 6.45) is 1.68. The number of aliphatic carboxylic acids is 1. The average Bonchev–Trinajstić information content (AvgIpc) is 2.29. The molecule has 0 aliphatic rings. The third-order valence-electron chi connectivity index (χ3n) is 2.65. The second-order valence-corrected chi connectivity index (χ2v) is 4.09. The molecule has 1 aromatic heterocycles. The molecule has 0 saturated heterocycles. The van der Waals surface area contributed by atoms with E-state index in [9.17, 15) is 4.79 Å². The van der Waals surface area contributed by atoms with E-state index in [4.69, 9.17) is 5.11 Å². The molecule has 88 valence electrons. The van der Waals surface area contributed by atoms with Gasteiger partial charge in [-0.2, -0.15) is 0 Å². The Bertz CT molecular complexity index is 566. The number of nitrogens with zero attached hydrogens (tertiary/aromatic N) is 1. The van der Waals surface area contributed by atoms with Crippen molar-refractivity contribution in [2.45, 2.75) is 19.9 Å². The minimum Gasteiger partial charge on any atom is -0.480 e. The van der Waals surface area contributed by atoms with Gasteiger partial charge in [0.2, 0.25) is 0 Å². The fourth-order valence-corrected chi connectivity index (χ4v) is 1.66. The summed E-state index contributed by atoms with van der Waals surface area (Å²) >= 11 is 0. The van der Waals surface area contributed by atoms with E-state index < -0.39 is 12.0 Å². The smallest absolute Gasteiger partial charge is 0.325 e. The zero-order valence-electron chi connectivity index (χ0n) is 9.77. The fraction of sp³-hybridized carbons (Fsp3) is 0.231. The average molecular weight is 230 g/mol. The van der Waals surface area contributed by atoms with Crippen LogP contribution in [0.15, 0.2) is 30.5 Å². The number of benzene rings is 1. The molecular formula is C13H14N2O2. The van der Waals surface area contributed by atoms with Gasteiger partial charge >= 0.3 is 5.97 Å². The Hall–Kier alpha value is -2.10. The number of rotatable bonds is 3. The molecule has 2 aromatic rings. The molecule has 1 heterocycles. The van der Waals surface area contributed by atoms with Gasteiger partial charge in [-0.25, -0.2) is 4.98 Å². The van der Waals surface area contributed by atoms with Crippen molar-refractivity contribution < 1.29 is 9.90 Å². The molecule has 4 heteroatoms. The molecule has 4 nitrogen and oxygen atoms in total. The van der Waals surface area contributed by atoms with E-state index in [1.807, 2.05) is 31.2 Å². The highest BCUT2D eigenvalue weighted by atomic mass is 16.4. The first kappa shape index (κ1) is 11.4. The van der Waals surface area contributed by atoms with Gasteiger partial charge in [-0.15, -0.1) is 0 Å². The van der Waals surface area contributed by atoms with Crippen molar-refractivity contribution in [3.05, 3.63) is 36.0 Å². The van der Waals surface area contributed by atoms with Crippen molar-refractivity contribution in [2.75, 3.05) is 5.32 Å². The number of carboxylic acids is 1. The predicted octanol–water partition coefficient (Wildman–Crippen LogP) is 2.43. The van der Waals surface area contributed by atoms with Gasteiger partial charge in [0.25, 0.3) is 0 Å². The highest BCUT2D eigenvalue weighted by Gasteiger charge is 2.12. The van der Waals surface area contributed by atoms with Crippen LogP contribution in [0.5, 0.6) is 0 Å². The Balaban J connectivity index is 2.46. The number of carboxylic acid groups (broad SMARTS) is 1. The van der Waals surface area contributed by atoms with Gasteiger partial charge in [-0.3, -0.25) is 4.79 Å². The molecule has 1 unspecified atom stereocenters. The van der Waals surface area contributed by atoms with E-state index in [1.165, 1.54) is 0 Å². The molecule has 17 heavy (non-hydrogen) atoms. The van der Waals surface area contributed by atoms with Crippen LogP contribution in [-0.2, 0) is 4.79 Å². The largest absolute Gasteiger partial charge is 0.480 e. The van der Waals surface area contributed by atoms with Crippen molar-refractivity contribution >= 4 is 22.6 Å². The third kappa shape index (κ3) is 2.36. The quantitative estimate of drug-likeness (QED) is 0.850. The molecule has 0 amide bonds. The summed E-state index contributed by atoms with van der Waals surface area (Å²) in [5.74, 6) is -0.280. The molecule has 0 saturated carbocycles. The van der Waals surface area contributed by atoms with E-state index in [1.54, 1.807) is 13.1 Å². The van der Waals surface area contributed by atoms with Crippen LogP contribution in [0.2, 0.25) is 0 Å². The van der Waals surface area contributed by atoms with Gasteiger partial charge in [0, 0.05) is 11.6 Å². The highest BCUT2D eigenvalue weighted by molar-refractivity contribution is 5.93. The maximum Gasteiger partial charge on any atom is 0.325 e. The monoisotopic (exact) mass is 230 g/mol. The Kier molecular flexibility index (Phi) is 2.95. The first-order valence-electron chi connectivity index (χ1n) is 5.42. The number of aromatic nitrogens is 1. The van der Waals surface area contributed by atoms with Crippen molar-refractivity contribution in [1.82, 2.24) is 4.98 Å². The van der Waals surface area contributed by atoms with Crippen molar-refractivity contribution in [2.24, 2.45) is 0 Å². The number of anilines is 1. The highest BCUT2D eigenvalue weighted by Crippen LogP contribution is 2.22. The predicted molar refractivity (Wildman–Crippen MR) is 67.2 cm³/mol. The Labute approximate surface area is 99.3 Å². The number of hydrogen-bond donors (Lipinski definition) is 2. The lowest BCUT2D eigenvalue weighted by Gasteiger charge is -2.12. The van der Waals surface area contributed by atoms with Crippen LogP contribution in [0.25, 0.3) is 10.8 Å². The van der Waals surface area contributed by atoms with E-state index in [0.29, 0.717) is 5.82 Å². The molecule has 2 N–H and O–H groups in total. The molecule has 0 fully saturated rings. The number of aryl methyl sites for hydroxylation is 1. The maximum atomic E-state index is 10.8. The summed E-state index contributed by atoms with van der Waals surface area (Å²) in [5.41, 5.74) is 1.12. The second kappa shape index (κ2) is 4.41. The fourth-order valence-electron chi connectivity index (χ4n) is 1.66. The summed E-state index contributed by atoms with van der Waals surface area (Å²) < 4.78 is 0. The normalized spacial score (nSPS) is 12.4. The second-order valence-electron chi connectivity index (χ2n) is 4.09. The molecule has 0 aliphatic heterocycles. The summed E-state index contributed by atoms with van der Waals surface area (Å²) in [5, 5.41) is 13.8. The minimum absolute atomic E-state index is 0.612. The topological polar surface area (TPSA) is 62.2 Å². The number of carbonyl (C=O) groups is 1. The third-order valence-corrected chi connectivity index (χ3v) is 2.65. The van der Waals surface area contributed by atoms with Crippen LogP contribution in [0.4, 0.5) is 5.82 Å². The number of fused-ring (bicyclic) bond motifs is 1. The van der Waals surface area contributed by atoms with Gasteiger partial charge in [0.1, 0.15) is 11.9 Å². The molecule has 2 rings (SSSR count). The van der Waals surface area contributed by atoms with Crippen LogP contribution in [0.1, 0.15) is 12.5 Å². The Morgan fingerprint density at radius 2 is 2.18 bits per heavy atom. The first-order chi connectivity index (χ1) is 8.08. The molecule has 1 aromatic carbocycles. The van der Waals surface area contributed by atoms with E-state index in [-0.39, 0.29) is 0 Å². The van der Waals surface area contributed by atoms with Crippen LogP contribution in [0.3, 0.4) is 0 Å². The lowest BCUT2D eigenvalue weighted by Crippen LogP contribution is -2.25. The van der Waals surface area contributed by atoms with E-state index >= 15 is 0 Å². The zero-order chi connectivity index (χ0) is 12.4. The zero-order valence-corrected chi connectivity index (χ0v) is 9.77. The standard InChI is InChI=1S/C13H14N2O2/c1-8-3-4-10-5-6-14-12(11(10)7-8)15-9(2)13(16)17/h3-7,9H,1-2H3,(H,14,15)(H,16,17). The molecule has 0 aliphatic carbocycles. The van der Waals surface area contributed by atoms with Gasteiger partial charge in [0.15, 0.2) is 0 Å². The van der Waals surface area contributed by atoms with Crippen LogP contribution in [0, 0.1) is 6.92 Å². The molecule has 1 atom stereocenters. The minimum atomic E-state index is -0.892. The SMILES string of the molecule is Cc1ccc2ccnc(NC(C)C(=O)O)c2c1. The summed E-state index contributed by atoms with van der Waals surface area (Å²) in [7, 11) is 0. The Morgan fingerprint density at radius 3 is 2.88 bits per heavy atom. The van der Waals surface area contributed by atoms with Crippen molar-refractivity contribution in [3.63, 3.8) is 0 Å². The van der Waals surface area contributed by atoms with E-state index in [2.05, 4.69) is 10.3 Å². The molecule has 0 bridgehead atoms. The van der Waals surface area contributed by atoms with E-state index in [0.717, 1.165) is 16.3 Å². The lowest BCUT2D eigenvalue weighted by molar-refractivity contribution is -0.137. The van der Waals surface area contributed by atoms with Crippen LogP contribution < -0.4 is 5.32 Å². The van der Waals surface area contributed by atoms with Gasteiger partial charge in [0.05, 0.1) is 0 Å². The van der Waals surface area contributed by atoms with Gasteiger partial charge in [-0.05, 0) is 31.4 Å². The Morgan fingerprint density at radius 1 is 1.41 bits per heavy atom. The molecular weight excluding hydrogens is 216 g/mol. The van der Waals surface area contributed by atoms with Crippen molar-refractivity contribution in [1.29, 1.82) is 0 Å². The number of hydrogen-bond acceptors (Lipinski definition) is 3. The van der Waals surface area contributed by atoms with Crippen molar-refractivity contribution in [3.8, 4) is 0 Å². The first-order valence-corrected chi connectivity index (χ1v) is 5.42. The summed E-state index contributed by atoms with van der Waals surface area (Å²) in [6, 6.07) is 7.27. The van der Waals surface area contributed by atoms with Crippen LogP contribution >= 0.6 is 0 Å². The number of nitrogens with one attached hydrogen (secondary N) is 1. The maximum absolute atomic E-state index is 10.8. The summed E-state index contributed by atoms with van der Waals surface area (Å²) in [6.45, 7) is 3.59.